The molecule has 1 saturated carbocycles. The van der Waals surface area contributed by atoms with Gasteiger partial charge in [-0.2, -0.15) is 0 Å². The van der Waals surface area contributed by atoms with Gasteiger partial charge in [-0.15, -0.1) is 0 Å². The molecular formula is C49H86O22P4. The van der Waals surface area contributed by atoms with Crippen molar-refractivity contribution in [1.82, 2.24) is 0 Å². The number of unbranched alkanes of at least 4 members (excludes halogenated alkanes) is 14. The van der Waals surface area contributed by atoms with Crippen molar-refractivity contribution in [1.29, 1.82) is 0 Å². The molecule has 6 atom stereocenters. The first-order valence-corrected chi connectivity index (χ1v) is 32.1. The summed E-state index contributed by atoms with van der Waals surface area (Å²) < 4.78 is 82.2. The second-order valence-corrected chi connectivity index (χ2v) is 22.9. The number of hydrogen-bond acceptors (Lipinski definition) is 15. The number of aliphatic hydroxyl groups excluding tert-OH is 2. The van der Waals surface area contributed by atoms with Gasteiger partial charge in [-0.3, -0.25) is 32.2 Å². The maximum absolute atomic E-state index is 13.3. The molecule has 1 rings (SSSR count). The number of esters is 2. The SMILES string of the molecule is CCC=CCC=CCC=CCC=CCC=CCC=CCCC(=O)OC(COC(=O)CCCCCCCCCCCCCCCCC)COP(=O)(O)OC1C(O)C(OP(=O)(O)O)C(OP(=O)(O)O)C(OP(=O)(O)O)C1O. The zero-order chi connectivity index (χ0) is 56.0. The lowest BCUT2D eigenvalue weighted by Gasteiger charge is -2.45. The summed E-state index contributed by atoms with van der Waals surface area (Å²) in [5.41, 5.74) is 0. The van der Waals surface area contributed by atoms with E-state index >= 15 is 0 Å². The van der Waals surface area contributed by atoms with Crippen LogP contribution in [0, 0.1) is 0 Å². The smallest absolute Gasteiger partial charge is 0.462 e. The van der Waals surface area contributed by atoms with E-state index in [4.69, 9.17) is 18.5 Å². The highest BCUT2D eigenvalue weighted by Gasteiger charge is 2.59. The maximum Gasteiger partial charge on any atom is 0.472 e. The molecule has 0 aromatic heterocycles. The molecule has 434 valence electrons. The van der Waals surface area contributed by atoms with Crippen molar-refractivity contribution in [3.8, 4) is 0 Å². The normalized spacial score (nSPS) is 21.4. The van der Waals surface area contributed by atoms with Crippen LogP contribution in [0.5, 0.6) is 0 Å². The van der Waals surface area contributed by atoms with E-state index in [-0.39, 0.29) is 19.3 Å². The largest absolute Gasteiger partial charge is 0.472 e. The predicted molar refractivity (Wildman–Crippen MR) is 281 cm³/mol. The van der Waals surface area contributed by atoms with E-state index in [1.165, 1.54) is 57.8 Å². The maximum atomic E-state index is 13.3. The molecule has 0 spiro atoms. The lowest BCUT2D eigenvalue weighted by atomic mass is 9.85. The molecule has 9 N–H and O–H groups in total. The van der Waals surface area contributed by atoms with Gasteiger partial charge >= 0.3 is 43.2 Å². The molecular weight excluding hydrogens is 1060 g/mol. The molecule has 0 bridgehead atoms. The molecule has 75 heavy (non-hydrogen) atoms. The highest BCUT2D eigenvalue weighted by molar-refractivity contribution is 7.47. The van der Waals surface area contributed by atoms with Gasteiger partial charge in [0.05, 0.1) is 6.61 Å². The molecule has 0 aliphatic heterocycles. The lowest BCUT2D eigenvalue weighted by molar-refractivity contribution is -0.209. The van der Waals surface area contributed by atoms with Gasteiger partial charge < -0.3 is 53.9 Å². The van der Waals surface area contributed by atoms with Crippen LogP contribution in [0.4, 0.5) is 0 Å². The molecule has 0 radical (unpaired) electrons. The van der Waals surface area contributed by atoms with Crippen molar-refractivity contribution < 1.29 is 104 Å². The number of carbonyl (C=O) groups excluding carboxylic acids is 2. The molecule has 1 fully saturated rings. The molecule has 6 unspecified atom stereocenters. The van der Waals surface area contributed by atoms with Crippen LogP contribution in [0.25, 0.3) is 0 Å². The molecule has 22 nitrogen and oxygen atoms in total. The van der Waals surface area contributed by atoms with Gasteiger partial charge in [0, 0.05) is 12.8 Å². The summed E-state index contributed by atoms with van der Waals surface area (Å²) in [4.78, 5) is 93.0. The van der Waals surface area contributed by atoms with Gasteiger partial charge in [0.25, 0.3) is 0 Å². The fourth-order valence-electron chi connectivity index (χ4n) is 7.58. The molecule has 0 aromatic carbocycles. The molecule has 1 aliphatic carbocycles. The van der Waals surface area contributed by atoms with Gasteiger partial charge in [-0.1, -0.05) is 177 Å². The minimum absolute atomic E-state index is 0.0178. The summed E-state index contributed by atoms with van der Waals surface area (Å²) >= 11 is 0. The third kappa shape index (κ3) is 38.9. The second-order valence-electron chi connectivity index (χ2n) is 17.9. The van der Waals surface area contributed by atoms with E-state index in [0.717, 1.165) is 64.2 Å². The van der Waals surface area contributed by atoms with Crippen LogP contribution in [0.1, 0.15) is 168 Å². The third-order valence-electron chi connectivity index (χ3n) is 11.3. The van der Waals surface area contributed by atoms with Crippen molar-refractivity contribution in [2.24, 2.45) is 0 Å². The van der Waals surface area contributed by atoms with Gasteiger partial charge in [-0.05, 0) is 51.4 Å². The molecule has 0 aromatic rings. The minimum atomic E-state index is -5.80. The van der Waals surface area contributed by atoms with Crippen molar-refractivity contribution in [2.75, 3.05) is 13.2 Å². The van der Waals surface area contributed by atoms with Gasteiger partial charge in [0.15, 0.2) is 6.10 Å². The van der Waals surface area contributed by atoms with Crippen molar-refractivity contribution in [2.45, 2.75) is 211 Å². The van der Waals surface area contributed by atoms with Crippen molar-refractivity contribution in [3.63, 3.8) is 0 Å². The molecule has 0 amide bonds. The summed E-state index contributed by atoms with van der Waals surface area (Å²) in [6, 6.07) is 0. The molecule has 0 heterocycles. The Kier molecular flexibility index (Phi) is 38.5. The van der Waals surface area contributed by atoms with Crippen LogP contribution in [-0.4, -0.2) is 112 Å². The summed E-state index contributed by atoms with van der Waals surface area (Å²) in [7, 11) is -23.1. The molecule has 1 aliphatic rings. The van der Waals surface area contributed by atoms with Crippen molar-refractivity contribution >= 4 is 43.2 Å². The average Bonchev–Trinajstić information content (AvgIpc) is 3.32. The average molecular weight is 1150 g/mol. The van der Waals surface area contributed by atoms with Crippen LogP contribution in [-0.2, 0) is 59.9 Å². The van der Waals surface area contributed by atoms with Crippen molar-refractivity contribution in [3.05, 3.63) is 72.9 Å². The Hall–Kier alpha value is -2.26. The molecule has 26 heteroatoms. The Morgan fingerprint density at radius 1 is 0.440 bits per heavy atom. The summed E-state index contributed by atoms with van der Waals surface area (Å²) in [5, 5.41) is 21.9. The van der Waals surface area contributed by atoms with E-state index < -0.39 is 99.2 Å². The number of phosphoric acid groups is 4. The van der Waals surface area contributed by atoms with E-state index in [1.54, 1.807) is 6.08 Å². The molecule has 0 saturated heterocycles. The van der Waals surface area contributed by atoms with Crippen LogP contribution in [0.2, 0.25) is 0 Å². The van der Waals surface area contributed by atoms with Crippen LogP contribution < -0.4 is 0 Å². The number of rotatable bonds is 44. The van der Waals surface area contributed by atoms with E-state index in [1.807, 2.05) is 18.2 Å². The quantitative estimate of drug-likeness (QED) is 0.0118. The zero-order valence-corrected chi connectivity index (χ0v) is 47.1. The van der Waals surface area contributed by atoms with Crippen LogP contribution in [0.3, 0.4) is 0 Å². The number of carbonyl (C=O) groups is 2. The first kappa shape index (κ1) is 70.8. The number of allylic oxidation sites excluding steroid dienone is 12. The number of phosphoric ester groups is 4. The zero-order valence-electron chi connectivity index (χ0n) is 43.5. The van der Waals surface area contributed by atoms with Gasteiger partial charge in [0.2, 0.25) is 0 Å². The fraction of sp³-hybridized carbons (Fsp3) is 0.714. The Balaban J connectivity index is 2.90. The van der Waals surface area contributed by atoms with E-state index in [0.29, 0.717) is 12.8 Å². The Morgan fingerprint density at radius 2 is 0.813 bits per heavy atom. The standard InChI is InChI=1S/C49H86O22P4/c1-3-5-7-9-11-13-15-17-19-20-21-22-24-26-28-30-32-34-36-38-43(51)67-41(39-65-42(50)37-35-33-31-29-27-25-23-18-16-14-12-10-8-6-4-2)40-66-75(63,64)71-46-44(52)47(68-72(54,55)56)49(70-74(60,61)62)48(45(46)53)69-73(57,58)59/h5,7,11,13,17,19,21-22,26,28,32,34,41,44-49,52-53H,3-4,6,8-10,12,14-16,18,20,23-25,27,29-31,33,35-40H2,1-2H3,(H,63,64)(H2,54,55,56)(H2,57,58,59)(H2,60,61,62). The third-order valence-corrected chi connectivity index (χ3v) is 13.8. The topological polar surface area (TPSA) is 349 Å². The van der Waals surface area contributed by atoms with Crippen LogP contribution >= 0.6 is 31.3 Å². The number of aliphatic hydroxyl groups is 2. The summed E-state index contributed by atoms with van der Waals surface area (Å²) in [5.74, 6) is -1.50. The highest BCUT2D eigenvalue weighted by atomic mass is 31.2. The highest BCUT2D eigenvalue weighted by Crippen LogP contribution is 2.53. The predicted octanol–water partition coefficient (Wildman–Crippen LogP) is 9.85. The summed E-state index contributed by atoms with van der Waals surface area (Å²) in [6.07, 6.45) is 28.3. The van der Waals surface area contributed by atoms with Gasteiger partial charge in [0.1, 0.15) is 43.2 Å². The van der Waals surface area contributed by atoms with Gasteiger partial charge in [-0.25, -0.2) is 18.3 Å². The minimum Gasteiger partial charge on any atom is -0.462 e. The summed E-state index contributed by atoms with van der Waals surface area (Å²) in [6.45, 7) is 2.60. The Bertz CT molecular complexity index is 1900. The van der Waals surface area contributed by atoms with Crippen LogP contribution in [0.15, 0.2) is 72.9 Å². The van der Waals surface area contributed by atoms with E-state index in [2.05, 4.69) is 76.0 Å². The number of ether oxygens (including phenoxy) is 2. The van der Waals surface area contributed by atoms with E-state index in [9.17, 15) is 72.3 Å². The first-order chi connectivity index (χ1) is 35.5. The Morgan fingerprint density at radius 3 is 1.21 bits per heavy atom. The fourth-order valence-corrected chi connectivity index (χ4v) is 10.2. The monoisotopic (exact) mass is 1150 g/mol. The Labute approximate surface area is 443 Å². The second kappa shape index (κ2) is 40.9. The lowest BCUT2D eigenvalue weighted by Crippen LogP contribution is -2.65. The first-order valence-electron chi connectivity index (χ1n) is 26.0. The number of hydrogen-bond donors (Lipinski definition) is 9.